The Morgan fingerprint density at radius 2 is 1.71 bits per heavy atom. The van der Waals surface area contributed by atoms with E-state index in [2.05, 4.69) is 25.6 Å². The molecular formula is C15H27N5O. The Balaban J connectivity index is 2.10. The summed E-state index contributed by atoms with van der Waals surface area (Å²) >= 11 is 0. The number of ether oxygens (including phenoxy) is 1. The highest BCUT2D eigenvalue weighted by molar-refractivity contribution is 5.36. The fraction of sp³-hybridized carbons (Fsp3) is 0.800. The molecule has 0 bridgehead atoms. The molecule has 1 fully saturated rings. The third-order valence-electron chi connectivity index (χ3n) is 3.48. The van der Waals surface area contributed by atoms with Crippen molar-refractivity contribution in [3.63, 3.8) is 0 Å². The Morgan fingerprint density at radius 1 is 1.05 bits per heavy atom. The molecule has 1 heterocycles. The SMILES string of the molecule is CCNc1nc(NC2CCCCCC2)nc(OC(C)C)n1. The molecule has 1 aromatic heterocycles. The second kappa shape index (κ2) is 8.00. The second-order valence-electron chi connectivity index (χ2n) is 5.79. The minimum Gasteiger partial charge on any atom is -0.461 e. The Bertz CT molecular complexity index is 430. The maximum atomic E-state index is 5.61. The molecule has 2 rings (SSSR count). The number of hydrogen-bond acceptors (Lipinski definition) is 6. The van der Waals surface area contributed by atoms with Crippen LogP contribution in [0.4, 0.5) is 11.9 Å². The summed E-state index contributed by atoms with van der Waals surface area (Å²) in [6.45, 7) is 6.73. The first kappa shape index (κ1) is 15.8. The third kappa shape index (κ3) is 5.36. The predicted octanol–water partition coefficient (Wildman–Crippen LogP) is 3.23. The molecule has 6 heteroatoms. The van der Waals surface area contributed by atoms with Crippen molar-refractivity contribution in [2.24, 2.45) is 0 Å². The normalized spacial score (nSPS) is 16.6. The van der Waals surface area contributed by atoms with E-state index in [9.17, 15) is 0 Å². The molecule has 0 radical (unpaired) electrons. The van der Waals surface area contributed by atoms with E-state index >= 15 is 0 Å². The zero-order chi connectivity index (χ0) is 15.1. The summed E-state index contributed by atoms with van der Waals surface area (Å²) in [6.07, 6.45) is 7.63. The first-order valence-electron chi connectivity index (χ1n) is 8.10. The average molecular weight is 293 g/mol. The number of nitrogens with one attached hydrogen (secondary N) is 2. The zero-order valence-corrected chi connectivity index (χ0v) is 13.4. The summed E-state index contributed by atoms with van der Waals surface area (Å²) in [6, 6.07) is 0.836. The van der Waals surface area contributed by atoms with Crippen molar-refractivity contribution >= 4 is 11.9 Å². The van der Waals surface area contributed by atoms with Gasteiger partial charge in [0.05, 0.1) is 6.10 Å². The molecule has 21 heavy (non-hydrogen) atoms. The number of aromatic nitrogens is 3. The maximum absolute atomic E-state index is 5.61. The monoisotopic (exact) mass is 293 g/mol. The van der Waals surface area contributed by atoms with E-state index in [1.807, 2.05) is 20.8 Å². The fourth-order valence-electron chi connectivity index (χ4n) is 2.53. The minimum absolute atomic E-state index is 0.0487. The topological polar surface area (TPSA) is 72.0 Å². The van der Waals surface area contributed by atoms with Gasteiger partial charge in [-0.2, -0.15) is 15.0 Å². The van der Waals surface area contributed by atoms with Crippen LogP contribution in [0.3, 0.4) is 0 Å². The van der Waals surface area contributed by atoms with Crippen molar-refractivity contribution in [2.75, 3.05) is 17.2 Å². The Morgan fingerprint density at radius 3 is 2.33 bits per heavy atom. The van der Waals surface area contributed by atoms with Crippen molar-refractivity contribution < 1.29 is 4.74 Å². The molecule has 0 aliphatic heterocycles. The van der Waals surface area contributed by atoms with Crippen molar-refractivity contribution in [1.29, 1.82) is 0 Å². The van der Waals surface area contributed by atoms with Gasteiger partial charge in [0, 0.05) is 12.6 Å². The van der Waals surface area contributed by atoms with Gasteiger partial charge in [0.2, 0.25) is 11.9 Å². The van der Waals surface area contributed by atoms with Crippen LogP contribution in [-0.4, -0.2) is 33.6 Å². The largest absolute Gasteiger partial charge is 0.461 e. The summed E-state index contributed by atoms with van der Waals surface area (Å²) in [5, 5.41) is 6.58. The van der Waals surface area contributed by atoms with E-state index in [1.165, 1.54) is 38.5 Å². The summed E-state index contributed by atoms with van der Waals surface area (Å²) in [5.41, 5.74) is 0. The molecule has 0 aromatic carbocycles. The van der Waals surface area contributed by atoms with Gasteiger partial charge in [0.1, 0.15) is 0 Å². The lowest BCUT2D eigenvalue weighted by atomic mass is 10.1. The van der Waals surface area contributed by atoms with E-state index in [1.54, 1.807) is 0 Å². The van der Waals surface area contributed by atoms with Crippen LogP contribution in [0.15, 0.2) is 0 Å². The van der Waals surface area contributed by atoms with Gasteiger partial charge in [-0.15, -0.1) is 0 Å². The molecule has 2 N–H and O–H groups in total. The molecule has 1 saturated carbocycles. The molecule has 0 spiro atoms. The minimum atomic E-state index is 0.0487. The molecule has 0 saturated heterocycles. The Labute approximate surface area is 127 Å². The first-order chi connectivity index (χ1) is 10.2. The molecule has 0 atom stereocenters. The second-order valence-corrected chi connectivity index (χ2v) is 5.79. The highest BCUT2D eigenvalue weighted by Gasteiger charge is 2.15. The molecular weight excluding hydrogens is 266 g/mol. The summed E-state index contributed by atoms with van der Waals surface area (Å²) in [5.74, 6) is 1.18. The molecule has 0 unspecified atom stereocenters. The van der Waals surface area contributed by atoms with Crippen LogP contribution in [0.2, 0.25) is 0 Å². The number of rotatable bonds is 6. The number of anilines is 2. The van der Waals surface area contributed by atoms with Gasteiger partial charge >= 0.3 is 6.01 Å². The van der Waals surface area contributed by atoms with Gasteiger partial charge in [-0.1, -0.05) is 25.7 Å². The molecule has 0 amide bonds. The van der Waals surface area contributed by atoms with Gasteiger partial charge in [-0.05, 0) is 33.6 Å². The van der Waals surface area contributed by atoms with Gasteiger partial charge < -0.3 is 15.4 Å². The van der Waals surface area contributed by atoms with Gasteiger partial charge in [-0.3, -0.25) is 0 Å². The standard InChI is InChI=1S/C15H27N5O/c1-4-16-13-18-14(20-15(19-13)21-11(2)3)17-12-9-7-5-6-8-10-12/h11-12H,4-10H2,1-3H3,(H2,16,17,18,19,20). The first-order valence-corrected chi connectivity index (χ1v) is 8.10. The number of nitrogens with zero attached hydrogens (tertiary/aromatic N) is 3. The summed E-state index contributed by atoms with van der Waals surface area (Å²) in [7, 11) is 0. The van der Waals surface area contributed by atoms with Gasteiger partial charge in [-0.25, -0.2) is 0 Å². The van der Waals surface area contributed by atoms with E-state index in [-0.39, 0.29) is 6.10 Å². The lowest BCUT2D eigenvalue weighted by Gasteiger charge is -2.17. The van der Waals surface area contributed by atoms with Crippen LogP contribution in [-0.2, 0) is 0 Å². The molecule has 1 aliphatic carbocycles. The quantitative estimate of drug-likeness (QED) is 0.785. The smallest absolute Gasteiger partial charge is 0.323 e. The lowest BCUT2D eigenvalue weighted by Crippen LogP contribution is -2.21. The van der Waals surface area contributed by atoms with E-state index in [0.717, 1.165) is 6.54 Å². The Kier molecular flexibility index (Phi) is 6.02. The fourth-order valence-corrected chi connectivity index (χ4v) is 2.53. The Hall–Kier alpha value is -1.59. The van der Waals surface area contributed by atoms with Gasteiger partial charge in [0.15, 0.2) is 0 Å². The predicted molar refractivity (Wildman–Crippen MR) is 84.9 cm³/mol. The van der Waals surface area contributed by atoms with Gasteiger partial charge in [0.25, 0.3) is 0 Å². The van der Waals surface area contributed by atoms with Crippen LogP contribution >= 0.6 is 0 Å². The van der Waals surface area contributed by atoms with Crippen LogP contribution in [0, 0.1) is 0 Å². The van der Waals surface area contributed by atoms with E-state index in [4.69, 9.17) is 4.74 Å². The number of hydrogen-bond donors (Lipinski definition) is 2. The van der Waals surface area contributed by atoms with E-state index < -0.39 is 0 Å². The van der Waals surface area contributed by atoms with Crippen molar-refractivity contribution in [1.82, 2.24) is 15.0 Å². The third-order valence-corrected chi connectivity index (χ3v) is 3.48. The molecule has 1 aromatic rings. The van der Waals surface area contributed by atoms with Crippen molar-refractivity contribution in [3.05, 3.63) is 0 Å². The van der Waals surface area contributed by atoms with Crippen LogP contribution in [0.25, 0.3) is 0 Å². The van der Waals surface area contributed by atoms with Crippen molar-refractivity contribution in [2.45, 2.75) is 71.4 Å². The van der Waals surface area contributed by atoms with Crippen molar-refractivity contribution in [3.8, 4) is 6.01 Å². The zero-order valence-electron chi connectivity index (χ0n) is 13.4. The van der Waals surface area contributed by atoms with Crippen LogP contribution < -0.4 is 15.4 Å². The summed E-state index contributed by atoms with van der Waals surface area (Å²) in [4.78, 5) is 13.1. The summed E-state index contributed by atoms with van der Waals surface area (Å²) < 4.78 is 5.61. The van der Waals surface area contributed by atoms with E-state index in [0.29, 0.717) is 23.9 Å². The maximum Gasteiger partial charge on any atom is 0.323 e. The highest BCUT2D eigenvalue weighted by atomic mass is 16.5. The molecule has 118 valence electrons. The molecule has 1 aliphatic rings. The highest BCUT2D eigenvalue weighted by Crippen LogP contribution is 2.21. The lowest BCUT2D eigenvalue weighted by molar-refractivity contribution is 0.222. The van der Waals surface area contributed by atoms with Crippen LogP contribution in [0.1, 0.15) is 59.3 Å². The molecule has 6 nitrogen and oxygen atoms in total. The van der Waals surface area contributed by atoms with Crippen LogP contribution in [0.5, 0.6) is 6.01 Å². The average Bonchev–Trinajstić information content (AvgIpc) is 2.66.